The first-order valence-corrected chi connectivity index (χ1v) is 7.58. The predicted molar refractivity (Wildman–Crippen MR) is 88.4 cm³/mol. The molecule has 0 N–H and O–H groups in total. The van der Waals surface area contributed by atoms with Crippen molar-refractivity contribution in [3.8, 4) is 23.0 Å². The Morgan fingerprint density at radius 3 is 2.58 bits per heavy atom. The van der Waals surface area contributed by atoms with E-state index >= 15 is 0 Å². The highest BCUT2D eigenvalue weighted by molar-refractivity contribution is 5.90. The maximum atomic E-state index is 13.0. The maximum Gasteiger partial charge on any atom is 0.337 e. The van der Waals surface area contributed by atoms with Gasteiger partial charge in [-0.25, -0.2) is 9.18 Å². The molecule has 0 bridgehead atoms. The van der Waals surface area contributed by atoms with Crippen LogP contribution in [-0.4, -0.2) is 30.3 Å². The number of rotatable bonds is 6. The van der Waals surface area contributed by atoms with Gasteiger partial charge in [-0.2, -0.15) is 4.98 Å². The molecule has 0 fully saturated rings. The number of hydrogen-bond acceptors (Lipinski definition) is 7. The molecule has 7 nitrogen and oxygen atoms in total. The van der Waals surface area contributed by atoms with E-state index in [0.717, 1.165) is 0 Å². The minimum atomic E-state index is -0.475. The van der Waals surface area contributed by atoms with Crippen molar-refractivity contribution in [3.05, 3.63) is 59.7 Å². The van der Waals surface area contributed by atoms with Crippen molar-refractivity contribution in [3.63, 3.8) is 0 Å². The summed E-state index contributed by atoms with van der Waals surface area (Å²) in [5.74, 6) is 0.528. The van der Waals surface area contributed by atoms with Crippen LogP contribution in [0.25, 0.3) is 11.5 Å². The largest absolute Gasteiger partial charge is 0.493 e. The second kappa shape index (κ2) is 7.64. The Morgan fingerprint density at radius 2 is 1.88 bits per heavy atom. The summed E-state index contributed by atoms with van der Waals surface area (Å²) in [7, 11) is 2.76. The molecule has 3 aromatic rings. The van der Waals surface area contributed by atoms with Crippen LogP contribution in [0.4, 0.5) is 4.39 Å². The topological polar surface area (TPSA) is 83.7 Å². The summed E-state index contributed by atoms with van der Waals surface area (Å²) in [6, 6.07) is 10.4. The average Bonchev–Trinajstić information content (AvgIpc) is 3.15. The Balaban J connectivity index is 1.71. The van der Waals surface area contributed by atoms with Gasteiger partial charge in [-0.1, -0.05) is 5.16 Å². The van der Waals surface area contributed by atoms with Crippen LogP contribution in [0.15, 0.2) is 47.0 Å². The fraction of sp³-hybridized carbons (Fsp3) is 0.167. The lowest BCUT2D eigenvalue weighted by molar-refractivity contribution is 0.0600. The molecular formula is C18H15FN2O5. The number of hydrogen-bond donors (Lipinski definition) is 0. The SMILES string of the molecule is COC(=O)c1ccc(OCc2noc(-c3ccc(F)cc3)n2)c(OC)c1. The molecule has 1 aromatic heterocycles. The normalized spacial score (nSPS) is 10.4. The van der Waals surface area contributed by atoms with Gasteiger partial charge >= 0.3 is 5.97 Å². The van der Waals surface area contributed by atoms with Gasteiger partial charge in [0.1, 0.15) is 5.82 Å². The van der Waals surface area contributed by atoms with Crippen molar-refractivity contribution in [2.45, 2.75) is 6.61 Å². The van der Waals surface area contributed by atoms with Crippen molar-refractivity contribution in [1.29, 1.82) is 0 Å². The van der Waals surface area contributed by atoms with E-state index in [-0.39, 0.29) is 18.3 Å². The summed E-state index contributed by atoms with van der Waals surface area (Å²) < 4.78 is 33.6. The fourth-order valence-corrected chi connectivity index (χ4v) is 2.20. The lowest BCUT2D eigenvalue weighted by atomic mass is 10.2. The van der Waals surface area contributed by atoms with E-state index in [9.17, 15) is 9.18 Å². The summed E-state index contributed by atoms with van der Waals surface area (Å²) in [4.78, 5) is 15.8. The van der Waals surface area contributed by atoms with Gasteiger partial charge in [-0.15, -0.1) is 0 Å². The van der Waals surface area contributed by atoms with E-state index in [1.807, 2.05) is 0 Å². The Morgan fingerprint density at radius 1 is 1.12 bits per heavy atom. The van der Waals surface area contributed by atoms with Crippen molar-refractivity contribution < 1.29 is 27.9 Å². The molecule has 8 heteroatoms. The maximum absolute atomic E-state index is 13.0. The van der Waals surface area contributed by atoms with Crippen LogP contribution in [-0.2, 0) is 11.3 Å². The summed E-state index contributed by atoms with van der Waals surface area (Å²) in [5.41, 5.74) is 0.944. The third-order valence-electron chi connectivity index (χ3n) is 3.50. The molecule has 0 saturated carbocycles. The zero-order valence-electron chi connectivity index (χ0n) is 14.1. The molecule has 0 amide bonds. The quantitative estimate of drug-likeness (QED) is 0.625. The van der Waals surface area contributed by atoms with Crippen molar-refractivity contribution in [2.24, 2.45) is 0 Å². The first kappa shape index (κ1) is 17.4. The number of benzene rings is 2. The Hall–Kier alpha value is -3.42. The zero-order chi connectivity index (χ0) is 18.5. The van der Waals surface area contributed by atoms with Gasteiger partial charge in [0, 0.05) is 5.56 Å². The van der Waals surface area contributed by atoms with Gasteiger partial charge in [0.05, 0.1) is 19.8 Å². The van der Waals surface area contributed by atoms with E-state index in [2.05, 4.69) is 14.9 Å². The molecule has 134 valence electrons. The summed E-state index contributed by atoms with van der Waals surface area (Å²) in [6.45, 7) is 0.0264. The lowest BCUT2D eigenvalue weighted by Crippen LogP contribution is -2.03. The molecule has 0 radical (unpaired) electrons. The van der Waals surface area contributed by atoms with Gasteiger partial charge in [-0.05, 0) is 42.5 Å². The van der Waals surface area contributed by atoms with Gasteiger partial charge in [0.15, 0.2) is 18.1 Å². The van der Waals surface area contributed by atoms with Gasteiger partial charge in [-0.3, -0.25) is 0 Å². The van der Waals surface area contributed by atoms with Crippen molar-refractivity contribution >= 4 is 5.97 Å². The smallest absolute Gasteiger partial charge is 0.337 e. The van der Waals surface area contributed by atoms with Crippen molar-refractivity contribution in [1.82, 2.24) is 10.1 Å². The average molecular weight is 358 g/mol. The van der Waals surface area contributed by atoms with Crippen LogP contribution < -0.4 is 9.47 Å². The van der Waals surface area contributed by atoms with E-state index in [1.165, 1.54) is 32.4 Å². The Bertz CT molecular complexity index is 908. The number of methoxy groups -OCH3 is 2. The zero-order valence-corrected chi connectivity index (χ0v) is 14.1. The molecular weight excluding hydrogens is 343 g/mol. The second-order valence-electron chi connectivity index (χ2n) is 5.17. The van der Waals surface area contributed by atoms with Crippen LogP contribution in [0.1, 0.15) is 16.2 Å². The number of esters is 1. The molecule has 0 aliphatic heterocycles. The second-order valence-corrected chi connectivity index (χ2v) is 5.17. The third kappa shape index (κ3) is 3.80. The molecule has 2 aromatic carbocycles. The van der Waals surface area contributed by atoms with Crippen molar-refractivity contribution in [2.75, 3.05) is 14.2 Å². The molecule has 0 aliphatic carbocycles. The highest BCUT2D eigenvalue weighted by atomic mass is 19.1. The number of nitrogens with zero attached hydrogens (tertiary/aromatic N) is 2. The van der Waals surface area contributed by atoms with Crippen LogP contribution in [0.2, 0.25) is 0 Å². The van der Waals surface area contributed by atoms with Gasteiger partial charge < -0.3 is 18.7 Å². The molecule has 1 heterocycles. The van der Waals surface area contributed by atoms with Crippen LogP contribution >= 0.6 is 0 Å². The van der Waals surface area contributed by atoms with Gasteiger partial charge in [0.25, 0.3) is 5.89 Å². The summed E-state index contributed by atoms with van der Waals surface area (Å²) in [5, 5.41) is 3.82. The molecule has 0 atom stereocenters. The Labute approximate surface area is 148 Å². The number of ether oxygens (including phenoxy) is 3. The molecule has 0 aliphatic rings. The number of aromatic nitrogens is 2. The van der Waals surface area contributed by atoms with Gasteiger partial charge in [0.2, 0.25) is 5.82 Å². The van der Waals surface area contributed by atoms with E-state index in [0.29, 0.717) is 28.5 Å². The molecule has 26 heavy (non-hydrogen) atoms. The Kier molecular flexibility index (Phi) is 5.12. The fourth-order valence-electron chi connectivity index (χ4n) is 2.20. The first-order valence-electron chi connectivity index (χ1n) is 7.58. The molecule has 0 saturated heterocycles. The predicted octanol–water partition coefficient (Wildman–Crippen LogP) is 3.25. The lowest BCUT2D eigenvalue weighted by Gasteiger charge is -2.10. The van der Waals surface area contributed by atoms with Crippen LogP contribution in [0.5, 0.6) is 11.5 Å². The molecule has 0 unspecified atom stereocenters. The van der Waals surface area contributed by atoms with Crippen LogP contribution in [0.3, 0.4) is 0 Å². The molecule has 3 rings (SSSR count). The van der Waals surface area contributed by atoms with E-state index < -0.39 is 5.97 Å². The number of halogens is 1. The molecule has 0 spiro atoms. The third-order valence-corrected chi connectivity index (χ3v) is 3.50. The first-order chi connectivity index (χ1) is 12.6. The van der Waals surface area contributed by atoms with E-state index in [1.54, 1.807) is 24.3 Å². The van der Waals surface area contributed by atoms with E-state index in [4.69, 9.17) is 14.0 Å². The monoisotopic (exact) mass is 358 g/mol. The highest BCUT2D eigenvalue weighted by Gasteiger charge is 2.14. The summed E-state index contributed by atoms with van der Waals surface area (Å²) in [6.07, 6.45) is 0. The standard InChI is InChI=1S/C18H15FN2O5/c1-23-15-9-12(18(22)24-2)5-8-14(15)25-10-16-20-17(26-21-16)11-3-6-13(19)7-4-11/h3-9H,10H2,1-2H3. The highest BCUT2D eigenvalue weighted by Crippen LogP contribution is 2.29. The summed E-state index contributed by atoms with van der Waals surface area (Å²) >= 11 is 0. The minimum absolute atomic E-state index is 0.0264. The van der Waals surface area contributed by atoms with Crippen LogP contribution in [0, 0.1) is 5.82 Å². The number of carbonyl (C=O) groups is 1. The number of carbonyl (C=O) groups excluding carboxylic acids is 1. The minimum Gasteiger partial charge on any atom is -0.493 e.